The lowest BCUT2D eigenvalue weighted by atomic mass is 10.1. The zero-order valence-corrected chi connectivity index (χ0v) is 18.2. The molecule has 0 saturated carbocycles. The van der Waals surface area contributed by atoms with E-state index < -0.39 is 0 Å². The molecular formula is C20H19BrClN5O2. The summed E-state index contributed by atoms with van der Waals surface area (Å²) in [5.74, 6) is 1.96. The van der Waals surface area contributed by atoms with E-state index in [1.165, 1.54) is 0 Å². The van der Waals surface area contributed by atoms with Crippen molar-refractivity contribution in [3.8, 4) is 11.4 Å². The van der Waals surface area contributed by atoms with Crippen molar-refractivity contribution < 1.29 is 9.32 Å². The maximum absolute atomic E-state index is 12.8. The van der Waals surface area contributed by atoms with Gasteiger partial charge in [0.2, 0.25) is 11.7 Å². The highest BCUT2D eigenvalue weighted by molar-refractivity contribution is 9.10. The number of piperazine rings is 1. The maximum Gasteiger partial charge on any atom is 0.255 e. The molecule has 0 aliphatic carbocycles. The van der Waals surface area contributed by atoms with Gasteiger partial charge in [0, 0.05) is 48.8 Å². The highest BCUT2D eigenvalue weighted by atomic mass is 79.9. The molecule has 3 aromatic rings. The molecule has 1 aromatic carbocycles. The lowest BCUT2D eigenvalue weighted by Crippen LogP contribution is -2.49. The van der Waals surface area contributed by atoms with Gasteiger partial charge >= 0.3 is 0 Å². The van der Waals surface area contributed by atoms with Crippen LogP contribution < -0.4 is 4.90 Å². The third-order valence-electron chi connectivity index (χ3n) is 4.83. The van der Waals surface area contributed by atoms with Gasteiger partial charge in [-0.05, 0) is 30.3 Å². The van der Waals surface area contributed by atoms with E-state index in [4.69, 9.17) is 16.1 Å². The molecule has 2 aromatic heterocycles. The summed E-state index contributed by atoms with van der Waals surface area (Å²) in [5, 5.41) is 4.44. The average Bonchev–Trinajstić information content (AvgIpc) is 3.24. The monoisotopic (exact) mass is 475 g/mol. The molecule has 1 fully saturated rings. The molecule has 1 aliphatic heterocycles. The van der Waals surface area contributed by atoms with E-state index in [1.807, 2.05) is 30.0 Å². The van der Waals surface area contributed by atoms with E-state index in [-0.39, 0.29) is 5.91 Å². The van der Waals surface area contributed by atoms with Crippen LogP contribution in [0.4, 0.5) is 5.82 Å². The first kappa shape index (κ1) is 19.8. The summed E-state index contributed by atoms with van der Waals surface area (Å²) in [6, 6.07) is 9.20. The summed E-state index contributed by atoms with van der Waals surface area (Å²) in [6.45, 7) is 4.58. The van der Waals surface area contributed by atoms with Crippen molar-refractivity contribution in [1.29, 1.82) is 0 Å². The summed E-state index contributed by atoms with van der Waals surface area (Å²) in [7, 11) is 0. The van der Waals surface area contributed by atoms with E-state index in [0.29, 0.717) is 54.9 Å². The summed E-state index contributed by atoms with van der Waals surface area (Å²) in [4.78, 5) is 25.7. The number of hydrogen-bond donors (Lipinski definition) is 0. The molecular weight excluding hydrogens is 458 g/mol. The minimum absolute atomic E-state index is 0.0527. The number of benzene rings is 1. The van der Waals surface area contributed by atoms with Crippen molar-refractivity contribution in [3.05, 3.63) is 57.5 Å². The second-order valence-corrected chi connectivity index (χ2v) is 8.00. The molecule has 0 radical (unpaired) electrons. The van der Waals surface area contributed by atoms with E-state index in [2.05, 4.69) is 36.0 Å². The second kappa shape index (κ2) is 8.51. The van der Waals surface area contributed by atoms with Gasteiger partial charge in [0.25, 0.3) is 5.91 Å². The quantitative estimate of drug-likeness (QED) is 0.565. The number of aryl methyl sites for hydroxylation is 1. The molecule has 3 heterocycles. The SMILES string of the molecule is CCc1nc(-c2ccc(N3CCN(C(=O)c4cc(Br)ccc4Cl)CC3)nc2)no1. The fraction of sp³-hybridized carbons (Fsp3) is 0.300. The van der Waals surface area contributed by atoms with Crippen molar-refractivity contribution in [2.75, 3.05) is 31.1 Å². The number of nitrogens with zero attached hydrogens (tertiary/aromatic N) is 5. The van der Waals surface area contributed by atoms with Gasteiger partial charge < -0.3 is 14.3 Å². The van der Waals surface area contributed by atoms with Crippen LogP contribution in [0.5, 0.6) is 0 Å². The van der Waals surface area contributed by atoms with Gasteiger partial charge in [0.1, 0.15) is 5.82 Å². The Morgan fingerprint density at radius 2 is 2.00 bits per heavy atom. The third-order valence-corrected chi connectivity index (χ3v) is 5.65. The van der Waals surface area contributed by atoms with Crippen molar-refractivity contribution in [3.63, 3.8) is 0 Å². The largest absolute Gasteiger partial charge is 0.353 e. The molecule has 1 saturated heterocycles. The standard InChI is InChI=1S/C20H19BrClN5O2/c1-2-18-24-19(25-29-18)13-3-6-17(23-12-13)26-7-9-27(10-8-26)20(28)15-11-14(21)4-5-16(15)22/h3-6,11-12H,2,7-10H2,1H3. The van der Waals surface area contributed by atoms with E-state index in [0.717, 1.165) is 15.9 Å². The number of amides is 1. The van der Waals surface area contributed by atoms with Crippen LogP contribution in [0.3, 0.4) is 0 Å². The smallest absolute Gasteiger partial charge is 0.255 e. The van der Waals surface area contributed by atoms with Crippen molar-refractivity contribution >= 4 is 39.3 Å². The summed E-state index contributed by atoms with van der Waals surface area (Å²) in [6.07, 6.45) is 2.45. The number of halogens is 2. The van der Waals surface area contributed by atoms with Gasteiger partial charge in [0.15, 0.2) is 0 Å². The minimum Gasteiger partial charge on any atom is -0.353 e. The van der Waals surface area contributed by atoms with Crippen molar-refractivity contribution in [2.45, 2.75) is 13.3 Å². The Kier molecular flexibility index (Phi) is 5.82. The fourth-order valence-corrected chi connectivity index (χ4v) is 3.75. The lowest BCUT2D eigenvalue weighted by molar-refractivity contribution is 0.0746. The zero-order chi connectivity index (χ0) is 20.4. The molecule has 0 bridgehead atoms. The van der Waals surface area contributed by atoms with Gasteiger partial charge in [-0.25, -0.2) is 4.98 Å². The number of hydrogen-bond acceptors (Lipinski definition) is 6. The Balaban J connectivity index is 1.40. The van der Waals surface area contributed by atoms with E-state index >= 15 is 0 Å². The maximum atomic E-state index is 12.8. The Morgan fingerprint density at radius 3 is 2.66 bits per heavy atom. The van der Waals surface area contributed by atoms with Crippen LogP contribution in [0.15, 0.2) is 45.5 Å². The Morgan fingerprint density at radius 1 is 1.21 bits per heavy atom. The van der Waals surface area contributed by atoms with Crippen LogP contribution in [0.2, 0.25) is 5.02 Å². The summed E-state index contributed by atoms with van der Waals surface area (Å²) < 4.78 is 5.99. The molecule has 7 nitrogen and oxygen atoms in total. The van der Waals surface area contributed by atoms with Crippen LogP contribution in [-0.4, -0.2) is 52.1 Å². The summed E-state index contributed by atoms with van der Waals surface area (Å²) in [5.41, 5.74) is 1.33. The Labute approximate surface area is 181 Å². The number of carbonyl (C=O) groups is 1. The number of aromatic nitrogens is 3. The molecule has 9 heteroatoms. The highest BCUT2D eigenvalue weighted by Crippen LogP contribution is 2.24. The second-order valence-electron chi connectivity index (χ2n) is 6.67. The molecule has 0 atom stereocenters. The van der Waals surface area contributed by atoms with E-state index in [9.17, 15) is 4.79 Å². The zero-order valence-electron chi connectivity index (χ0n) is 15.8. The first-order valence-corrected chi connectivity index (χ1v) is 10.5. The number of pyridine rings is 1. The van der Waals surface area contributed by atoms with Gasteiger partial charge in [0.05, 0.1) is 10.6 Å². The molecule has 0 N–H and O–H groups in total. The molecule has 150 valence electrons. The lowest BCUT2D eigenvalue weighted by Gasteiger charge is -2.35. The number of anilines is 1. The van der Waals surface area contributed by atoms with Gasteiger partial charge in [-0.15, -0.1) is 0 Å². The van der Waals surface area contributed by atoms with Crippen LogP contribution >= 0.6 is 27.5 Å². The fourth-order valence-electron chi connectivity index (χ4n) is 3.19. The van der Waals surface area contributed by atoms with Gasteiger partial charge in [-0.2, -0.15) is 4.98 Å². The van der Waals surface area contributed by atoms with Crippen molar-refractivity contribution in [2.24, 2.45) is 0 Å². The van der Waals surface area contributed by atoms with Crippen molar-refractivity contribution in [1.82, 2.24) is 20.0 Å². The average molecular weight is 477 g/mol. The molecule has 1 amide bonds. The normalized spacial score (nSPS) is 14.3. The van der Waals surface area contributed by atoms with Gasteiger partial charge in [-0.1, -0.05) is 39.6 Å². The highest BCUT2D eigenvalue weighted by Gasteiger charge is 2.24. The number of carbonyl (C=O) groups excluding carboxylic acids is 1. The predicted molar refractivity (Wildman–Crippen MR) is 114 cm³/mol. The topological polar surface area (TPSA) is 75.4 Å². The molecule has 0 unspecified atom stereocenters. The Bertz CT molecular complexity index is 1020. The molecule has 4 rings (SSSR count). The van der Waals surface area contributed by atoms with Crippen LogP contribution in [0, 0.1) is 0 Å². The van der Waals surface area contributed by atoms with Gasteiger partial charge in [-0.3, -0.25) is 4.79 Å². The molecule has 1 aliphatic rings. The predicted octanol–water partition coefficient (Wildman–Crippen LogP) is 4.07. The molecule has 0 spiro atoms. The first-order valence-electron chi connectivity index (χ1n) is 9.33. The minimum atomic E-state index is -0.0527. The van der Waals surface area contributed by atoms with E-state index in [1.54, 1.807) is 18.3 Å². The van der Waals surface area contributed by atoms with Crippen LogP contribution in [-0.2, 0) is 6.42 Å². The van der Waals surface area contributed by atoms with Crippen LogP contribution in [0.1, 0.15) is 23.2 Å². The molecule has 29 heavy (non-hydrogen) atoms. The summed E-state index contributed by atoms with van der Waals surface area (Å²) >= 11 is 9.60. The number of rotatable bonds is 4. The Hall–Kier alpha value is -2.45. The first-order chi connectivity index (χ1) is 14.0. The van der Waals surface area contributed by atoms with Crippen LogP contribution in [0.25, 0.3) is 11.4 Å². The third kappa shape index (κ3) is 4.28.